The second-order valence-corrected chi connectivity index (χ2v) is 10.9. The minimum atomic E-state index is -1.56. The molecule has 1 amide bonds. The lowest BCUT2D eigenvalue weighted by Crippen LogP contribution is -2.56. The van der Waals surface area contributed by atoms with Gasteiger partial charge in [0.2, 0.25) is 5.91 Å². The van der Waals surface area contributed by atoms with E-state index in [0.29, 0.717) is 22.9 Å². The van der Waals surface area contributed by atoms with E-state index in [1.807, 2.05) is 25.1 Å². The van der Waals surface area contributed by atoms with Gasteiger partial charge >= 0.3 is 0 Å². The van der Waals surface area contributed by atoms with Gasteiger partial charge in [-0.25, -0.2) is 0 Å². The molecular formula is C28H41ClN2O7. The number of hydrogen-bond acceptors (Lipinski definition) is 8. The molecule has 1 aromatic rings. The molecule has 2 aliphatic heterocycles. The van der Waals surface area contributed by atoms with E-state index in [-0.39, 0.29) is 18.7 Å². The van der Waals surface area contributed by atoms with Crippen LogP contribution in [0, 0.1) is 5.92 Å². The molecular weight excluding hydrogens is 512 g/mol. The SMILES string of the molecule is CNC1(O)CC(O)C(C)C2OC2(C)C(O)CC(=O)N(C)c2cc(cc(OC)c2Cl)C/C(C)=C/C=C/C1OC. The molecule has 0 aromatic heterocycles. The van der Waals surface area contributed by atoms with Gasteiger partial charge in [-0.05, 0) is 45.0 Å². The maximum atomic E-state index is 13.2. The number of amides is 1. The van der Waals surface area contributed by atoms with Gasteiger partial charge in [-0.1, -0.05) is 42.3 Å². The third-order valence-electron chi connectivity index (χ3n) is 7.87. The van der Waals surface area contributed by atoms with Crippen LogP contribution in [-0.2, 0) is 20.7 Å². The first kappa shape index (κ1) is 30.6. The molecule has 9 nitrogen and oxygen atoms in total. The van der Waals surface area contributed by atoms with Crippen LogP contribution in [0.25, 0.3) is 0 Å². The van der Waals surface area contributed by atoms with E-state index >= 15 is 0 Å². The Labute approximate surface area is 230 Å². The Morgan fingerprint density at radius 3 is 2.55 bits per heavy atom. The van der Waals surface area contributed by atoms with Crippen molar-refractivity contribution in [3.63, 3.8) is 0 Å². The summed E-state index contributed by atoms with van der Waals surface area (Å²) in [5.41, 5.74) is -0.237. The molecule has 1 aromatic carbocycles. The lowest BCUT2D eigenvalue weighted by Gasteiger charge is -2.36. The minimum Gasteiger partial charge on any atom is -0.495 e. The fourth-order valence-electron chi connectivity index (χ4n) is 5.11. The van der Waals surface area contributed by atoms with Gasteiger partial charge in [-0.15, -0.1) is 0 Å². The van der Waals surface area contributed by atoms with Gasteiger partial charge < -0.3 is 34.4 Å². The summed E-state index contributed by atoms with van der Waals surface area (Å²) in [5.74, 6) is -0.348. The summed E-state index contributed by atoms with van der Waals surface area (Å²) >= 11 is 6.57. The maximum Gasteiger partial charge on any atom is 0.229 e. The van der Waals surface area contributed by atoms with Crippen molar-refractivity contribution in [2.24, 2.45) is 5.92 Å². The van der Waals surface area contributed by atoms with Crippen LogP contribution in [0.5, 0.6) is 5.75 Å². The summed E-state index contributed by atoms with van der Waals surface area (Å²) in [6.45, 7) is 5.47. The number of aliphatic hydroxyl groups excluding tert-OH is 2. The number of allylic oxidation sites excluding steroid dienone is 3. The summed E-state index contributed by atoms with van der Waals surface area (Å²) in [5, 5.41) is 36.6. The molecule has 7 atom stereocenters. The van der Waals surface area contributed by atoms with E-state index < -0.39 is 41.7 Å². The van der Waals surface area contributed by atoms with Crippen molar-refractivity contribution < 1.29 is 34.3 Å². The number of rotatable bonds is 3. The Morgan fingerprint density at radius 1 is 1.26 bits per heavy atom. The molecule has 2 aliphatic rings. The van der Waals surface area contributed by atoms with E-state index in [1.165, 1.54) is 19.1 Å². The van der Waals surface area contributed by atoms with Crippen LogP contribution in [0.4, 0.5) is 5.69 Å². The predicted molar refractivity (Wildman–Crippen MR) is 147 cm³/mol. The van der Waals surface area contributed by atoms with Gasteiger partial charge in [0.05, 0.1) is 37.5 Å². The number of nitrogens with one attached hydrogen (secondary N) is 1. The van der Waals surface area contributed by atoms with Gasteiger partial charge in [0, 0.05) is 26.5 Å². The number of epoxide rings is 1. The van der Waals surface area contributed by atoms with Crippen LogP contribution in [0.2, 0.25) is 5.02 Å². The average Bonchev–Trinajstić information content (AvgIpc) is 3.58. The molecule has 3 rings (SSSR count). The van der Waals surface area contributed by atoms with Gasteiger partial charge in [-0.3, -0.25) is 10.1 Å². The molecule has 10 heteroatoms. The number of hydrogen-bond donors (Lipinski definition) is 4. The molecule has 0 spiro atoms. The second kappa shape index (κ2) is 12.0. The lowest BCUT2D eigenvalue weighted by molar-refractivity contribution is -0.121. The number of carbonyl (C=O) groups is 1. The smallest absolute Gasteiger partial charge is 0.229 e. The molecule has 1 fully saturated rings. The number of benzene rings is 1. The fraction of sp³-hybridized carbons (Fsp3) is 0.607. The zero-order valence-electron chi connectivity index (χ0n) is 23.2. The average molecular weight is 553 g/mol. The number of aliphatic hydroxyl groups is 3. The first-order chi connectivity index (χ1) is 17.8. The number of likely N-dealkylation sites (N-methyl/N-ethyl adjacent to an activating group) is 1. The van der Waals surface area contributed by atoms with E-state index in [2.05, 4.69) is 5.32 Å². The Bertz CT molecular complexity index is 1080. The van der Waals surface area contributed by atoms with E-state index in [1.54, 1.807) is 40.1 Å². The number of carbonyl (C=O) groups excluding carboxylic acids is 1. The van der Waals surface area contributed by atoms with Gasteiger partial charge in [0.15, 0.2) is 0 Å². The van der Waals surface area contributed by atoms with Gasteiger partial charge in [0.25, 0.3) is 0 Å². The maximum absolute atomic E-state index is 13.2. The van der Waals surface area contributed by atoms with Crippen LogP contribution in [-0.4, -0.2) is 85.3 Å². The van der Waals surface area contributed by atoms with Crippen molar-refractivity contribution in [3.8, 4) is 5.75 Å². The zero-order valence-corrected chi connectivity index (χ0v) is 24.0. The summed E-state index contributed by atoms with van der Waals surface area (Å²) in [7, 11) is 6.22. The van der Waals surface area contributed by atoms with Crippen LogP contribution >= 0.6 is 11.6 Å². The van der Waals surface area contributed by atoms with Crippen molar-refractivity contribution in [2.45, 2.75) is 75.8 Å². The number of halogens is 1. The zero-order chi connectivity index (χ0) is 28.4. The summed E-state index contributed by atoms with van der Waals surface area (Å²) in [6, 6.07) is 3.66. The van der Waals surface area contributed by atoms with E-state index in [4.69, 9.17) is 25.8 Å². The molecule has 4 N–H and O–H groups in total. The van der Waals surface area contributed by atoms with Crippen LogP contribution in [0.3, 0.4) is 0 Å². The lowest BCUT2D eigenvalue weighted by atomic mass is 9.84. The first-order valence-electron chi connectivity index (χ1n) is 12.8. The summed E-state index contributed by atoms with van der Waals surface area (Å²) in [6.07, 6.45) is 2.36. The highest BCUT2D eigenvalue weighted by molar-refractivity contribution is 6.35. The summed E-state index contributed by atoms with van der Waals surface area (Å²) in [4.78, 5) is 14.6. The predicted octanol–water partition coefficient (Wildman–Crippen LogP) is 2.59. The van der Waals surface area contributed by atoms with Crippen molar-refractivity contribution in [1.82, 2.24) is 5.32 Å². The molecule has 0 aliphatic carbocycles. The largest absolute Gasteiger partial charge is 0.495 e. The number of ether oxygens (including phenoxy) is 3. The highest BCUT2D eigenvalue weighted by atomic mass is 35.5. The molecule has 0 saturated carbocycles. The molecule has 2 bridgehead atoms. The highest BCUT2D eigenvalue weighted by Gasteiger charge is 2.61. The minimum absolute atomic E-state index is 0.0476. The second-order valence-electron chi connectivity index (χ2n) is 10.6. The Balaban J connectivity index is 2.04. The molecule has 2 heterocycles. The molecule has 0 radical (unpaired) electrons. The Kier molecular flexibility index (Phi) is 9.68. The van der Waals surface area contributed by atoms with Crippen LogP contribution in [0.1, 0.15) is 39.2 Å². The van der Waals surface area contributed by atoms with Gasteiger partial charge in [0.1, 0.15) is 28.2 Å². The number of anilines is 1. The third kappa shape index (κ3) is 6.25. The van der Waals surface area contributed by atoms with Crippen LogP contribution < -0.4 is 15.0 Å². The highest BCUT2D eigenvalue weighted by Crippen LogP contribution is 2.47. The van der Waals surface area contributed by atoms with Crippen molar-refractivity contribution in [1.29, 1.82) is 0 Å². The third-order valence-corrected chi connectivity index (χ3v) is 8.25. The summed E-state index contributed by atoms with van der Waals surface area (Å²) < 4.78 is 16.9. The topological polar surface area (TPSA) is 124 Å². The van der Waals surface area contributed by atoms with Gasteiger partial charge in [-0.2, -0.15) is 0 Å². The van der Waals surface area contributed by atoms with E-state index in [9.17, 15) is 20.1 Å². The standard InChI is InChI=1S/C28H41ClN2O7/c1-16-9-8-10-23(37-7)28(35,30-4)15-20(32)17(2)26-27(3,38-26)22(33)14-24(34)31(5)19-12-18(11-16)13-21(36-6)25(19)29/h8-10,12-13,17,20,22-23,26,30,32-33,35H,11,14-15H2,1-7H3/b10-8+,16-9+. The first-order valence-corrected chi connectivity index (χ1v) is 13.1. The molecule has 1 saturated heterocycles. The number of methoxy groups -OCH3 is 2. The molecule has 38 heavy (non-hydrogen) atoms. The van der Waals surface area contributed by atoms with Crippen molar-refractivity contribution in [2.75, 3.05) is 33.2 Å². The molecule has 7 unspecified atom stereocenters. The number of fused-ring (bicyclic) bond motifs is 3. The normalized spacial score (nSPS) is 37.2. The Hall–Kier alpha value is -1.98. The molecule has 212 valence electrons. The van der Waals surface area contributed by atoms with E-state index in [0.717, 1.165) is 11.1 Å². The Morgan fingerprint density at radius 2 is 1.95 bits per heavy atom. The monoisotopic (exact) mass is 552 g/mol. The fourth-order valence-corrected chi connectivity index (χ4v) is 5.42. The van der Waals surface area contributed by atoms with Crippen molar-refractivity contribution >= 4 is 23.2 Å². The number of nitrogens with zero attached hydrogens (tertiary/aromatic N) is 1. The quantitative estimate of drug-likeness (QED) is 0.333. The van der Waals surface area contributed by atoms with Crippen molar-refractivity contribution in [3.05, 3.63) is 46.5 Å². The van der Waals surface area contributed by atoms with Crippen LogP contribution in [0.15, 0.2) is 35.9 Å².